The first-order chi connectivity index (χ1) is 5.07. The molecule has 0 aliphatic heterocycles. The van der Waals surface area contributed by atoms with Gasteiger partial charge in [-0.15, -0.1) is 0 Å². The van der Waals surface area contributed by atoms with E-state index < -0.39 is 6.10 Å². The van der Waals surface area contributed by atoms with Crippen LogP contribution in [0.1, 0.15) is 13.8 Å². The highest BCUT2D eigenvalue weighted by atomic mass is 16.3. The van der Waals surface area contributed by atoms with E-state index in [1.807, 2.05) is 0 Å². The fraction of sp³-hybridized carbons (Fsp3) is 0.857. The Labute approximate surface area is 66.8 Å². The van der Waals surface area contributed by atoms with Crippen molar-refractivity contribution < 1.29 is 9.90 Å². The van der Waals surface area contributed by atoms with Crippen molar-refractivity contribution in [2.75, 3.05) is 13.1 Å². The molecule has 11 heavy (non-hydrogen) atoms. The van der Waals surface area contributed by atoms with Crippen LogP contribution >= 0.6 is 0 Å². The molecule has 4 nitrogen and oxygen atoms in total. The van der Waals surface area contributed by atoms with Crippen molar-refractivity contribution in [3.8, 4) is 0 Å². The lowest BCUT2D eigenvalue weighted by molar-refractivity contribution is -0.124. The summed E-state index contributed by atoms with van der Waals surface area (Å²) in [4.78, 5) is 10.9. The molecule has 0 aromatic carbocycles. The number of carbonyl (C=O) groups excluding carboxylic acids is 1. The van der Waals surface area contributed by atoms with Crippen molar-refractivity contribution >= 4 is 5.91 Å². The summed E-state index contributed by atoms with van der Waals surface area (Å²) < 4.78 is 0. The van der Waals surface area contributed by atoms with E-state index in [1.165, 1.54) is 0 Å². The van der Waals surface area contributed by atoms with Crippen molar-refractivity contribution in [2.24, 2.45) is 11.7 Å². The predicted octanol–water partition coefficient (Wildman–Crippen LogP) is -0.922. The van der Waals surface area contributed by atoms with Gasteiger partial charge in [0.15, 0.2) is 0 Å². The summed E-state index contributed by atoms with van der Waals surface area (Å²) in [5, 5.41) is 11.5. The van der Waals surface area contributed by atoms with Crippen molar-refractivity contribution in [2.45, 2.75) is 20.0 Å². The van der Waals surface area contributed by atoms with Gasteiger partial charge >= 0.3 is 0 Å². The third kappa shape index (κ3) is 4.75. The molecule has 1 amide bonds. The SMILES string of the molecule is CC(C)C(=O)NCC(O)CN. The van der Waals surface area contributed by atoms with Crippen LogP contribution in [0.4, 0.5) is 0 Å². The van der Waals surface area contributed by atoms with Gasteiger partial charge < -0.3 is 16.2 Å². The lowest BCUT2D eigenvalue weighted by Gasteiger charge is -2.10. The number of nitrogens with one attached hydrogen (secondary N) is 1. The zero-order valence-corrected chi connectivity index (χ0v) is 7.00. The van der Waals surface area contributed by atoms with Crippen LogP contribution in [-0.4, -0.2) is 30.2 Å². The molecular formula is C7H16N2O2. The van der Waals surface area contributed by atoms with E-state index in [1.54, 1.807) is 13.8 Å². The molecule has 0 aliphatic carbocycles. The Kier molecular flexibility index (Phi) is 4.81. The molecule has 0 aliphatic rings. The minimum Gasteiger partial charge on any atom is -0.390 e. The molecule has 0 radical (unpaired) electrons. The number of carbonyl (C=O) groups is 1. The molecule has 0 aromatic heterocycles. The number of aliphatic hydroxyl groups is 1. The van der Waals surface area contributed by atoms with E-state index in [4.69, 9.17) is 10.8 Å². The second-order valence-electron chi connectivity index (χ2n) is 2.79. The maximum atomic E-state index is 10.9. The molecule has 0 spiro atoms. The zero-order valence-electron chi connectivity index (χ0n) is 7.00. The van der Waals surface area contributed by atoms with E-state index in [0.717, 1.165) is 0 Å². The Morgan fingerprint density at radius 2 is 2.18 bits per heavy atom. The predicted molar refractivity (Wildman–Crippen MR) is 42.9 cm³/mol. The molecule has 0 saturated carbocycles. The van der Waals surface area contributed by atoms with E-state index in [0.29, 0.717) is 0 Å². The number of hydrogen-bond acceptors (Lipinski definition) is 3. The molecule has 66 valence electrons. The molecule has 0 saturated heterocycles. The molecule has 1 unspecified atom stereocenters. The van der Waals surface area contributed by atoms with Crippen LogP contribution in [0.25, 0.3) is 0 Å². The number of amides is 1. The average molecular weight is 160 g/mol. The molecule has 0 aromatic rings. The van der Waals surface area contributed by atoms with Crippen molar-refractivity contribution in [1.82, 2.24) is 5.32 Å². The van der Waals surface area contributed by atoms with E-state index >= 15 is 0 Å². The summed E-state index contributed by atoms with van der Waals surface area (Å²) in [6.45, 7) is 4.01. The second kappa shape index (κ2) is 5.09. The fourth-order valence-electron chi connectivity index (χ4n) is 0.506. The molecule has 4 heteroatoms. The molecule has 0 rings (SSSR count). The number of hydrogen-bond donors (Lipinski definition) is 3. The van der Waals surface area contributed by atoms with Crippen LogP contribution in [0.15, 0.2) is 0 Å². The fourth-order valence-corrected chi connectivity index (χ4v) is 0.506. The highest BCUT2D eigenvalue weighted by Crippen LogP contribution is 1.89. The van der Waals surface area contributed by atoms with Crippen molar-refractivity contribution in [3.05, 3.63) is 0 Å². The third-order valence-electron chi connectivity index (χ3n) is 1.31. The van der Waals surface area contributed by atoms with E-state index in [-0.39, 0.29) is 24.9 Å². The molecule has 0 fully saturated rings. The molecule has 0 heterocycles. The Balaban J connectivity index is 3.46. The summed E-state index contributed by atoms with van der Waals surface area (Å²) in [5.41, 5.74) is 5.13. The Bertz CT molecular complexity index is 126. The first-order valence-corrected chi connectivity index (χ1v) is 3.73. The lowest BCUT2D eigenvalue weighted by Crippen LogP contribution is -2.37. The standard InChI is InChI=1S/C7H16N2O2/c1-5(2)7(11)9-4-6(10)3-8/h5-6,10H,3-4,8H2,1-2H3,(H,9,11). The number of aliphatic hydroxyl groups excluding tert-OH is 1. The van der Waals surface area contributed by atoms with Crippen molar-refractivity contribution in [3.63, 3.8) is 0 Å². The van der Waals surface area contributed by atoms with Crippen LogP contribution < -0.4 is 11.1 Å². The minimum atomic E-state index is -0.627. The van der Waals surface area contributed by atoms with Gasteiger partial charge in [-0.3, -0.25) is 4.79 Å². The van der Waals surface area contributed by atoms with Crippen LogP contribution in [0.5, 0.6) is 0 Å². The summed E-state index contributed by atoms with van der Waals surface area (Å²) in [6.07, 6.45) is -0.627. The normalized spacial score (nSPS) is 13.2. The number of nitrogens with two attached hydrogens (primary N) is 1. The number of rotatable bonds is 4. The largest absolute Gasteiger partial charge is 0.390 e. The first kappa shape index (κ1) is 10.4. The quantitative estimate of drug-likeness (QED) is 0.498. The van der Waals surface area contributed by atoms with Gasteiger partial charge in [-0.1, -0.05) is 13.8 Å². The minimum absolute atomic E-state index is 0.0417. The smallest absolute Gasteiger partial charge is 0.222 e. The van der Waals surface area contributed by atoms with E-state index in [2.05, 4.69) is 5.32 Å². The lowest BCUT2D eigenvalue weighted by atomic mass is 10.2. The maximum absolute atomic E-state index is 10.9. The van der Waals surface area contributed by atoms with Crippen LogP contribution in [0, 0.1) is 5.92 Å². The Morgan fingerprint density at radius 3 is 2.55 bits per heavy atom. The molecule has 1 atom stereocenters. The highest BCUT2D eigenvalue weighted by molar-refractivity contribution is 5.77. The third-order valence-corrected chi connectivity index (χ3v) is 1.31. The first-order valence-electron chi connectivity index (χ1n) is 3.73. The van der Waals surface area contributed by atoms with Gasteiger partial charge in [0.1, 0.15) is 0 Å². The van der Waals surface area contributed by atoms with Crippen molar-refractivity contribution in [1.29, 1.82) is 0 Å². The zero-order chi connectivity index (χ0) is 8.85. The van der Waals surface area contributed by atoms with Gasteiger partial charge in [0.25, 0.3) is 0 Å². The Hall–Kier alpha value is -0.610. The van der Waals surface area contributed by atoms with Crippen LogP contribution in [-0.2, 0) is 4.79 Å². The second-order valence-corrected chi connectivity index (χ2v) is 2.79. The molecule has 0 bridgehead atoms. The molecule has 4 N–H and O–H groups in total. The van der Waals surface area contributed by atoms with E-state index in [9.17, 15) is 4.79 Å². The van der Waals surface area contributed by atoms with Gasteiger partial charge in [0, 0.05) is 19.0 Å². The monoisotopic (exact) mass is 160 g/mol. The van der Waals surface area contributed by atoms with Gasteiger partial charge in [-0.05, 0) is 0 Å². The van der Waals surface area contributed by atoms with Gasteiger partial charge in [-0.25, -0.2) is 0 Å². The molecular weight excluding hydrogens is 144 g/mol. The van der Waals surface area contributed by atoms with Crippen LogP contribution in [0.3, 0.4) is 0 Å². The van der Waals surface area contributed by atoms with Crippen LogP contribution in [0.2, 0.25) is 0 Å². The van der Waals surface area contributed by atoms with Gasteiger partial charge in [0.2, 0.25) is 5.91 Å². The summed E-state index contributed by atoms with van der Waals surface area (Å²) in [7, 11) is 0. The highest BCUT2D eigenvalue weighted by Gasteiger charge is 2.07. The average Bonchev–Trinajstić information content (AvgIpc) is 1.99. The summed E-state index contributed by atoms with van der Waals surface area (Å²) in [6, 6.07) is 0. The topological polar surface area (TPSA) is 75.3 Å². The maximum Gasteiger partial charge on any atom is 0.222 e. The summed E-state index contributed by atoms with van der Waals surface area (Å²) in [5.74, 6) is -0.0996. The van der Waals surface area contributed by atoms with Gasteiger partial charge in [-0.2, -0.15) is 0 Å². The Morgan fingerprint density at radius 1 is 1.64 bits per heavy atom. The summed E-state index contributed by atoms with van der Waals surface area (Å²) >= 11 is 0. The van der Waals surface area contributed by atoms with Gasteiger partial charge in [0.05, 0.1) is 6.10 Å².